The van der Waals surface area contributed by atoms with Gasteiger partial charge in [0.25, 0.3) is 5.91 Å². The summed E-state index contributed by atoms with van der Waals surface area (Å²) in [7, 11) is 3.42. The average Bonchev–Trinajstić information content (AvgIpc) is 3.44. The molecule has 0 bridgehead atoms. The summed E-state index contributed by atoms with van der Waals surface area (Å²) in [6.45, 7) is 2.79. The molecule has 0 aliphatic carbocycles. The molecule has 3 heterocycles. The minimum absolute atomic E-state index is 0.0686. The highest BCUT2D eigenvalue weighted by atomic mass is 32.2. The van der Waals surface area contributed by atoms with Crippen molar-refractivity contribution in [2.24, 2.45) is 7.05 Å². The van der Waals surface area contributed by atoms with Crippen molar-refractivity contribution in [3.8, 4) is 17.1 Å². The lowest BCUT2D eigenvalue weighted by molar-refractivity contribution is 0.0960. The number of nitrogens with zero attached hydrogens (tertiary/aromatic N) is 5. The van der Waals surface area contributed by atoms with E-state index in [4.69, 9.17) is 4.98 Å². The number of amides is 1. The largest absolute Gasteiger partial charge is 0.507 e. The highest BCUT2D eigenvalue weighted by molar-refractivity contribution is 7.99. The third-order valence-corrected chi connectivity index (χ3v) is 6.57. The van der Waals surface area contributed by atoms with Gasteiger partial charge in [0.15, 0.2) is 5.82 Å². The second kappa shape index (κ2) is 7.42. The van der Waals surface area contributed by atoms with E-state index < -0.39 is 0 Å². The van der Waals surface area contributed by atoms with Gasteiger partial charge in [0, 0.05) is 54.6 Å². The van der Waals surface area contributed by atoms with Crippen molar-refractivity contribution in [1.29, 1.82) is 0 Å². The van der Waals surface area contributed by atoms with Crippen LogP contribution in [-0.2, 0) is 7.05 Å². The number of nitrogens with one attached hydrogen (secondary N) is 1. The zero-order valence-corrected chi connectivity index (χ0v) is 18.3. The van der Waals surface area contributed by atoms with Crippen LogP contribution in [0.4, 0.5) is 5.69 Å². The van der Waals surface area contributed by atoms with E-state index >= 15 is 0 Å². The Morgan fingerprint density at radius 3 is 2.84 bits per heavy atom. The van der Waals surface area contributed by atoms with Gasteiger partial charge >= 0.3 is 0 Å². The smallest absolute Gasteiger partial charge is 0.270 e. The summed E-state index contributed by atoms with van der Waals surface area (Å²) < 4.78 is 1.70. The van der Waals surface area contributed by atoms with Crippen molar-refractivity contribution in [2.75, 3.05) is 30.1 Å². The molecule has 1 amide bonds. The Bertz CT molecular complexity index is 1340. The predicted octanol–water partition coefficient (Wildman–Crippen LogP) is 3.07. The monoisotopic (exact) mass is 434 g/mol. The van der Waals surface area contributed by atoms with Gasteiger partial charge in [0.05, 0.1) is 22.5 Å². The number of anilines is 1. The average molecular weight is 435 g/mol. The molecule has 158 valence electrons. The molecule has 2 aromatic carbocycles. The Morgan fingerprint density at radius 2 is 2.10 bits per heavy atom. The fourth-order valence-corrected chi connectivity index (χ4v) is 4.93. The van der Waals surface area contributed by atoms with E-state index in [0.717, 1.165) is 34.8 Å². The number of phenols is 1. The Labute approximate surface area is 183 Å². The number of thioether (sulfide) groups is 1. The zero-order chi connectivity index (χ0) is 21.7. The van der Waals surface area contributed by atoms with E-state index in [0.29, 0.717) is 33.5 Å². The van der Waals surface area contributed by atoms with Crippen molar-refractivity contribution < 1.29 is 9.90 Å². The molecule has 0 spiro atoms. The number of aryl methyl sites for hydroxylation is 2. The molecule has 2 N–H and O–H groups in total. The molecule has 0 saturated carbocycles. The highest BCUT2D eigenvalue weighted by Gasteiger charge is 2.21. The molecule has 9 heteroatoms. The van der Waals surface area contributed by atoms with Crippen molar-refractivity contribution in [1.82, 2.24) is 25.1 Å². The second-order valence-electron chi connectivity index (χ2n) is 7.62. The summed E-state index contributed by atoms with van der Waals surface area (Å²) in [5.41, 5.74) is 3.85. The van der Waals surface area contributed by atoms with Gasteiger partial charge in [-0.05, 0) is 31.2 Å². The number of hydrogen-bond donors (Lipinski definition) is 2. The van der Waals surface area contributed by atoms with Crippen LogP contribution in [0.3, 0.4) is 0 Å². The molecule has 1 fully saturated rings. The van der Waals surface area contributed by atoms with Crippen molar-refractivity contribution >= 4 is 45.2 Å². The zero-order valence-electron chi connectivity index (χ0n) is 17.5. The minimum atomic E-state index is -0.291. The Balaban J connectivity index is 1.73. The molecule has 4 aromatic rings. The number of benzene rings is 2. The van der Waals surface area contributed by atoms with Gasteiger partial charge in [-0.15, -0.1) is 11.8 Å². The van der Waals surface area contributed by atoms with Gasteiger partial charge in [-0.1, -0.05) is 0 Å². The molecular weight excluding hydrogens is 412 g/mol. The van der Waals surface area contributed by atoms with Gasteiger partial charge in [-0.3, -0.25) is 9.48 Å². The summed E-state index contributed by atoms with van der Waals surface area (Å²) in [5, 5.41) is 19.5. The summed E-state index contributed by atoms with van der Waals surface area (Å²) in [6.07, 6.45) is 1.88. The van der Waals surface area contributed by atoms with Gasteiger partial charge in [0.1, 0.15) is 11.4 Å². The number of phenolic OH excluding ortho intramolecular Hbond substituents is 1. The summed E-state index contributed by atoms with van der Waals surface area (Å²) in [4.78, 5) is 24.3. The maximum atomic E-state index is 12.7. The standard InChI is InChI=1S/C22H22N6O2S/c1-12-18-13(10-27(3)26-18)8-16(20(12)29)21-24-17-5-4-14(28-6-7-31-11-28)9-15(17)19(25-21)22(30)23-2/h4-5,8-10,29H,6-7,11H2,1-3H3,(H,23,30). The SMILES string of the molecule is CNC(=O)c1nc(-c2cc3cn(C)nc3c(C)c2O)nc2ccc(N3CCSC3)cc12. The summed E-state index contributed by atoms with van der Waals surface area (Å²) >= 11 is 1.88. The molecule has 1 aliphatic rings. The molecular formula is C22H22N6O2S. The Kier molecular flexibility index (Phi) is 4.70. The quantitative estimate of drug-likeness (QED) is 0.512. The van der Waals surface area contributed by atoms with Crippen LogP contribution >= 0.6 is 11.8 Å². The van der Waals surface area contributed by atoms with Gasteiger partial charge in [-0.25, -0.2) is 9.97 Å². The lowest BCUT2D eigenvalue weighted by Crippen LogP contribution is -2.21. The first-order chi connectivity index (χ1) is 15.0. The maximum absolute atomic E-state index is 12.7. The van der Waals surface area contributed by atoms with Crippen LogP contribution in [0.2, 0.25) is 0 Å². The van der Waals surface area contributed by atoms with E-state index in [1.807, 2.05) is 56.2 Å². The van der Waals surface area contributed by atoms with Crippen LogP contribution in [0, 0.1) is 6.92 Å². The molecule has 31 heavy (non-hydrogen) atoms. The molecule has 2 aromatic heterocycles. The Morgan fingerprint density at radius 1 is 1.26 bits per heavy atom. The number of carbonyl (C=O) groups is 1. The predicted molar refractivity (Wildman–Crippen MR) is 124 cm³/mol. The molecule has 8 nitrogen and oxygen atoms in total. The molecule has 0 unspecified atom stereocenters. The fourth-order valence-electron chi connectivity index (χ4n) is 3.96. The van der Waals surface area contributed by atoms with Crippen molar-refractivity contribution in [3.63, 3.8) is 0 Å². The summed E-state index contributed by atoms with van der Waals surface area (Å²) in [5.74, 6) is 2.10. The number of fused-ring (bicyclic) bond motifs is 2. The van der Waals surface area contributed by atoms with E-state index in [2.05, 4.69) is 20.3 Å². The molecule has 5 rings (SSSR count). The molecule has 1 saturated heterocycles. The number of rotatable bonds is 3. The first-order valence-corrected chi connectivity index (χ1v) is 11.1. The molecule has 0 radical (unpaired) electrons. The van der Waals surface area contributed by atoms with E-state index in [-0.39, 0.29) is 11.7 Å². The molecule has 0 atom stereocenters. The normalized spacial score (nSPS) is 14.0. The van der Waals surface area contributed by atoms with E-state index in [9.17, 15) is 9.90 Å². The minimum Gasteiger partial charge on any atom is -0.507 e. The first kappa shape index (κ1) is 19.6. The van der Waals surface area contributed by atoms with Crippen LogP contribution in [0.1, 0.15) is 16.1 Å². The van der Waals surface area contributed by atoms with Crippen LogP contribution < -0.4 is 10.2 Å². The lowest BCUT2D eigenvalue weighted by Gasteiger charge is -2.18. The topological polar surface area (TPSA) is 96.2 Å². The second-order valence-corrected chi connectivity index (χ2v) is 8.69. The van der Waals surface area contributed by atoms with Crippen molar-refractivity contribution in [3.05, 3.63) is 41.7 Å². The molecule has 1 aliphatic heterocycles. The van der Waals surface area contributed by atoms with Crippen molar-refractivity contribution in [2.45, 2.75) is 6.92 Å². The maximum Gasteiger partial charge on any atom is 0.270 e. The number of carbonyl (C=O) groups excluding carboxylic acids is 1. The number of aromatic hydroxyl groups is 1. The van der Waals surface area contributed by atoms with Crippen LogP contribution in [0.25, 0.3) is 33.2 Å². The third kappa shape index (κ3) is 3.25. The fraction of sp³-hybridized carbons (Fsp3) is 0.273. The third-order valence-electron chi connectivity index (χ3n) is 5.60. The lowest BCUT2D eigenvalue weighted by atomic mass is 10.0. The van der Waals surface area contributed by atoms with E-state index in [1.54, 1.807) is 11.7 Å². The Hall–Kier alpha value is -3.33. The van der Waals surface area contributed by atoms with Crippen LogP contribution in [-0.4, -0.2) is 56.0 Å². The number of hydrogen-bond acceptors (Lipinski definition) is 7. The number of aromatic nitrogens is 4. The highest BCUT2D eigenvalue weighted by Crippen LogP contribution is 2.36. The first-order valence-electron chi connectivity index (χ1n) is 9.99. The van der Waals surface area contributed by atoms with Gasteiger partial charge in [0.2, 0.25) is 0 Å². The summed E-state index contributed by atoms with van der Waals surface area (Å²) in [6, 6.07) is 7.73. The van der Waals surface area contributed by atoms with Gasteiger partial charge in [-0.2, -0.15) is 5.10 Å². The van der Waals surface area contributed by atoms with Crippen LogP contribution in [0.15, 0.2) is 30.5 Å². The van der Waals surface area contributed by atoms with Gasteiger partial charge < -0.3 is 15.3 Å². The van der Waals surface area contributed by atoms with Crippen LogP contribution in [0.5, 0.6) is 5.75 Å². The van der Waals surface area contributed by atoms with E-state index in [1.165, 1.54) is 0 Å².